The maximum atomic E-state index is 12.6. The van der Waals surface area contributed by atoms with Crippen molar-refractivity contribution in [2.24, 2.45) is 0 Å². The minimum absolute atomic E-state index is 0.251. The van der Waals surface area contributed by atoms with Crippen molar-refractivity contribution in [1.29, 1.82) is 0 Å². The summed E-state index contributed by atoms with van der Waals surface area (Å²) in [5, 5.41) is 0.708. The van der Waals surface area contributed by atoms with Crippen molar-refractivity contribution in [2.45, 2.75) is 24.7 Å². The first-order chi connectivity index (χ1) is 10.4. The molecule has 0 bridgehead atoms. The van der Waals surface area contributed by atoms with Crippen LogP contribution in [0.1, 0.15) is 18.9 Å². The van der Waals surface area contributed by atoms with Crippen LogP contribution in [0.15, 0.2) is 47.4 Å². The highest BCUT2D eigenvalue weighted by molar-refractivity contribution is 7.92. The molecule has 2 aromatic rings. The van der Waals surface area contributed by atoms with Crippen LogP contribution in [0.4, 0.5) is 5.69 Å². The van der Waals surface area contributed by atoms with Crippen molar-refractivity contribution >= 4 is 38.9 Å². The van der Waals surface area contributed by atoms with Crippen LogP contribution in [0.25, 0.3) is 0 Å². The first-order valence-electron chi connectivity index (χ1n) is 6.89. The van der Waals surface area contributed by atoms with E-state index in [9.17, 15) is 8.42 Å². The van der Waals surface area contributed by atoms with E-state index in [1.807, 2.05) is 12.1 Å². The lowest BCUT2D eigenvalue weighted by Gasteiger charge is -2.20. The molecule has 118 valence electrons. The van der Waals surface area contributed by atoms with Crippen LogP contribution >= 0.6 is 23.2 Å². The van der Waals surface area contributed by atoms with E-state index >= 15 is 0 Å². The van der Waals surface area contributed by atoms with E-state index in [1.54, 1.807) is 24.3 Å². The minimum Gasteiger partial charge on any atom is -0.269 e. The zero-order valence-corrected chi connectivity index (χ0v) is 14.7. The molecule has 2 rings (SSSR count). The van der Waals surface area contributed by atoms with Gasteiger partial charge in [0.05, 0.1) is 20.6 Å². The fourth-order valence-corrected chi connectivity index (χ4v) is 3.57. The fourth-order valence-electron chi connectivity index (χ4n) is 2.09. The van der Waals surface area contributed by atoms with Crippen LogP contribution in [0.2, 0.25) is 10.0 Å². The molecule has 0 amide bonds. The predicted octanol–water partition coefficient (Wildman–Crippen LogP) is 4.77. The summed E-state index contributed by atoms with van der Waals surface area (Å²) >= 11 is 11.8. The van der Waals surface area contributed by atoms with Crippen molar-refractivity contribution in [3.05, 3.63) is 58.1 Å². The van der Waals surface area contributed by atoms with Gasteiger partial charge < -0.3 is 0 Å². The summed E-state index contributed by atoms with van der Waals surface area (Å²) in [6.07, 6.45) is 1.96. The molecule has 0 fully saturated rings. The van der Waals surface area contributed by atoms with E-state index < -0.39 is 10.0 Å². The Morgan fingerprint density at radius 2 is 1.64 bits per heavy atom. The Morgan fingerprint density at radius 3 is 2.18 bits per heavy atom. The Morgan fingerprint density at radius 1 is 1.00 bits per heavy atom. The number of hydrogen-bond donors (Lipinski definition) is 0. The number of anilines is 1. The molecular formula is C16H17Cl2NO2S. The average Bonchev–Trinajstić information content (AvgIpc) is 2.50. The zero-order chi connectivity index (χ0) is 16.3. The Bertz CT molecular complexity index is 758. The smallest absolute Gasteiger partial charge is 0.264 e. The predicted molar refractivity (Wildman–Crippen MR) is 92.5 cm³/mol. The van der Waals surface area contributed by atoms with Crippen molar-refractivity contribution < 1.29 is 8.42 Å². The number of rotatable bonds is 5. The lowest BCUT2D eigenvalue weighted by molar-refractivity contribution is 0.594. The fraction of sp³-hybridized carbons (Fsp3) is 0.250. The van der Waals surface area contributed by atoms with Crippen molar-refractivity contribution in [1.82, 2.24) is 0 Å². The quantitative estimate of drug-likeness (QED) is 0.772. The molecular weight excluding hydrogens is 341 g/mol. The molecule has 0 aliphatic carbocycles. The summed E-state index contributed by atoms with van der Waals surface area (Å²) in [6.45, 7) is 2.09. The molecule has 0 spiro atoms. The lowest BCUT2D eigenvalue weighted by atomic mass is 10.1. The number of aryl methyl sites for hydroxylation is 1. The summed E-state index contributed by atoms with van der Waals surface area (Å²) in [6, 6.07) is 11.7. The van der Waals surface area contributed by atoms with Crippen LogP contribution in [0.3, 0.4) is 0 Å². The normalized spacial score (nSPS) is 11.5. The van der Waals surface area contributed by atoms with Crippen molar-refractivity contribution in [3.63, 3.8) is 0 Å². The van der Waals surface area contributed by atoms with E-state index in [-0.39, 0.29) is 4.90 Å². The molecule has 0 saturated carbocycles. The first kappa shape index (κ1) is 17.1. The second-order valence-electron chi connectivity index (χ2n) is 4.96. The Balaban J connectivity index is 2.34. The maximum absolute atomic E-state index is 12.6. The van der Waals surface area contributed by atoms with Crippen molar-refractivity contribution in [2.75, 3.05) is 11.4 Å². The van der Waals surface area contributed by atoms with E-state index in [0.29, 0.717) is 15.7 Å². The summed E-state index contributed by atoms with van der Waals surface area (Å²) in [5.74, 6) is 0. The third kappa shape index (κ3) is 3.57. The highest BCUT2D eigenvalue weighted by atomic mass is 35.5. The Kier molecular flexibility index (Phi) is 5.37. The van der Waals surface area contributed by atoms with E-state index in [2.05, 4.69) is 6.92 Å². The molecule has 0 N–H and O–H groups in total. The molecule has 6 heteroatoms. The number of benzene rings is 2. The maximum Gasteiger partial charge on any atom is 0.264 e. The number of nitrogens with zero attached hydrogens (tertiary/aromatic N) is 1. The van der Waals surface area contributed by atoms with Gasteiger partial charge in [0.2, 0.25) is 0 Å². The van der Waals surface area contributed by atoms with Crippen LogP contribution < -0.4 is 4.31 Å². The van der Waals surface area contributed by atoms with Gasteiger partial charge in [0.25, 0.3) is 10.0 Å². The third-order valence-corrected chi connectivity index (χ3v) is 5.93. The molecule has 0 saturated heterocycles. The first-order valence-corrected chi connectivity index (χ1v) is 9.08. The molecule has 0 heterocycles. The highest BCUT2D eigenvalue weighted by Gasteiger charge is 2.21. The van der Waals surface area contributed by atoms with E-state index in [0.717, 1.165) is 18.4 Å². The molecule has 0 unspecified atom stereocenters. The molecule has 0 radical (unpaired) electrons. The summed E-state index contributed by atoms with van der Waals surface area (Å²) in [4.78, 5) is 0.251. The topological polar surface area (TPSA) is 37.4 Å². The van der Waals surface area contributed by atoms with Crippen LogP contribution in [-0.2, 0) is 16.4 Å². The van der Waals surface area contributed by atoms with Crippen LogP contribution in [0.5, 0.6) is 0 Å². The van der Waals surface area contributed by atoms with Gasteiger partial charge in [-0.3, -0.25) is 4.31 Å². The molecule has 0 aliphatic rings. The third-order valence-electron chi connectivity index (χ3n) is 3.39. The van der Waals surface area contributed by atoms with Gasteiger partial charge in [-0.25, -0.2) is 8.42 Å². The number of hydrogen-bond acceptors (Lipinski definition) is 2. The zero-order valence-electron chi connectivity index (χ0n) is 12.4. The standard InChI is InChI=1S/C16H17Cl2NO2S/c1-3-4-12-5-8-14(9-6-12)22(20,21)19(2)13-7-10-15(17)16(18)11-13/h5-11H,3-4H2,1-2H3. The summed E-state index contributed by atoms with van der Waals surface area (Å²) in [7, 11) is -2.13. The molecule has 0 aliphatic heterocycles. The van der Waals surface area contributed by atoms with Gasteiger partial charge in [-0.05, 0) is 42.3 Å². The second-order valence-corrected chi connectivity index (χ2v) is 7.75. The van der Waals surface area contributed by atoms with Crippen LogP contribution in [-0.4, -0.2) is 15.5 Å². The summed E-state index contributed by atoms with van der Waals surface area (Å²) in [5.41, 5.74) is 1.59. The van der Waals surface area contributed by atoms with Gasteiger partial charge in [-0.1, -0.05) is 48.7 Å². The number of halogens is 2. The largest absolute Gasteiger partial charge is 0.269 e. The van der Waals surface area contributed by atoms with Gasteiger partial charge in [0.1, 0.15) is 0 Å². The van der Waals surface area contributed by atoms with Crippen LogP contribution in [0, 0.1) is 0 Å². The molecule has 22 heavy (non-hydrogen) atoms. The lowest BCUT2D eigenvalue weighted by Crippen LogP contribution is -2.26. The molecule has 0 aromatic heterocycles. The Labute approximate surface area is 141 Å². The average molecular weight is 358 g/mol. The van der Waals surface area contributed by atoms with Gasteiger partial charge in [-0.15, -0.1) is 0 Å². The van der Waals surface area contributed by atoms with Gasteiger partial charge in [-0.2, -0.15) is 0 Å². The van der Waals surface area contributed by atoms with E-state index in [4.69, 9.17) is 23.2 Å². The van der Waals surface area contributed by atoms with Gasteiger partial charge >= 0.3 is 0 Å². The highest BCUT2D eigenvalue weighted by Crippen LogP contribution is 2.29. The second kappa shape index (κ2) is 6.90. The number of sulfonamides is 1. The molecule has 3 nitrogen and oxygen atoms in total. The molecule has 2 aromatic carbocycles. The minimum atomic E-state index is -3.62. The molecule has 0 atom stereocenters. The Hall–Kier alpha value is -1.23. The summed E-state index contributed by atoms with van der Waals surface area (Å²) < 4.78 is 26.5. The van der Waals surface area contributed by atoms with E-state index in [1.165, 1.54) is 17.4 Å². The van der Waals surface area contributed by atoms with Gasteiger partial charge in [0, 0.05) is 7.05 Å². The SMILES string of the molecule is CCCc1ccc(S(=O)(=O)N(C)c2ccc(Cl)c(Cl)c2)cc1. The monoisotopic (exact) mass is 357 g/mol. The van der Waals surface area contributed by atoms with Gasteiger partial charge in [0.15, 0.2) is 0 Å². The van der Waals surface area contributed by atoms with Crippen molar-refractivity contribution in [3.8, 4) is 0 Å².